The number of fused-ring (bicyclic) bond motifs is 2. The van der Waals surface area contributed by atoms with Gasteiger partial charge in [0.15, 0.2) is 5.78 Å². The average molecular weight is 481 g/mol. The van der Waals surface area contributed by atoms with Crippen molar-refractivity contribution in [3.63, 3.8) is 0 Å². The van der Waals surface area contributed by atoms with Crippen molar-refractivity contribution in [2.45, 2.75) is 19.9 Å². The van der Waals surface area contributed by atoms with Gasteiger partial charge in [-0.25, -0.2) is 0 Å². The molecule has 1 aromatic heterocycles. The average Bonchev–Trinajstić information content (AvgIpc) is 2.87. The predicted molar refractivity (Wildman–Crippen MR) is 136 cm³/mol. The standard InChI is InChI=1S/C29H21ClN2O3/c1-17-14-20(21-6-4-5-9-24(21)32-17)15-25(33)19-12-10-18(11-13-19)16-31-27-26(30)28(34)22-7-2-3-8-23(22)29(27)35/h2-14,31H,15-16H2,1H3. The maximum Gasteiger partial charge on any atom is 0.211 e. The second kappa shape index (κ2) is 9.28. The molecule has 0 atom stereocenters. The Balaban J connectivity index is 1.30. The summed E-state index contributed by atoms with van der Waals surface area (Å²) in [5, 5.41) is 3.88. The van der Waals surface area contributed by atoms with Crippen LogP contribution in [0.3, 0.4) is 0 Å². The molecule has 1 N–H and O–H groups in total. The lowest BCUT2D eigenvalue weighted by Crippen LogP contribution is -2.28. The van der Waals surface area contributed by atoms with Crippen LogP contribution >= 0.6 is 11.6 Å². The van der Waals surface area contributed by atoms with Crippen molar-refractivity contribution in [2.75, 3.05) is 0 Å². The molecule has 0 fully saturated rings. The Bertz CT molecular complexity index is 1540. The van der Waals surface area contributed by atoms with Crippen LogP contribution in [0.25, 0.3) is 10.9 Å². The van der Waals surface area contributed by atoms with Gasteiger partial charge in [0.05, 0.1) is 5.52 Å². The highest BCUT2D eigenvalue weighted by atomic mass is 35.5. The SMILES string of the molecule is Cc1cc(CC(=O)c2ccc(CNC3=C(Cl)C(=O)c4ccccc4C3=O)cc2)c2ccccc2n1. The van der Waals surface area contributed by atoms with Gasteiger partial charge in [-0.05, 0) is 30.2 Å². The number of halogens is 1. The number of hydrogen-bond acceptors (Lipinski definition) is 5. The van der Waals surface area contributed by atoms with E-state index >= 15 is 0 Å². The predicted octanol–water partition coefficient (Wildman–Crippen LogP) is 5.59. The third-order valence-electron chi connectivity index (χ3n) is 6.09. The molecule has 35 heavy (non-hydrogen) atoms. The number of nitrogens with one attached hydrogen (secondary N) is 1. The number of aromatic nitrogens is 1. The minimum absolute atomic E-state index is 0.00989. The molecule has 0 saturated heterocycles. The molecule has 1 aliphatic carbocycles. The van der Waals surface area contributed by atoms with Crippen molar-refractivity contribution in [3.8, 4) is 0 Å². The van der Waals surface area contributed by atoms with Crippen LogP contribution in [0.5, 0.6) is 0 Å². The molecule has 172 valence electrons. The summed E-state index contributed by atoms with van der Waals surface area (Å²) in [6.07, 6.45) is 0.278. The lowest BCUT2D eigenvalue weighted by Gasteiger charge is -2.19. The molecule has 0 aliphatic heterocycles. The van der Waals surface area contributed by atoms with Crippen molar-refractivity contribution in [1.29, 1.82) is 0 Å². The van der Waals surface area contributed by atoms with Gasteiger partial charge in [-0.15, -0.1) is 0 Å². The Morgan fingerprint density at radius 3 is 2.29 bits per heavy atom. The molecule has 3 aromatic carbocycles. The van der Waals surface area contributed by atoms with E-state index < -0.39 is 0 Å². The van der Waals surface area contributed by atoms with Gasteiger partial charge < -0.3 is 5.32 Å². The first kappa shape index (κ1) is 22.7. The number of pyridine rings is 1. The zero-order valence-corrected chi connectivity index (χ0v) is 19.7. The fourth-order valence-corrected chi connectivity index (χ4v) is 4.57. The number of nitrogens with zero attached hydrogens (tertiary/aromatic N) is 1. The summed E-state index contributed by atoms with van der Waals surface area (Å²) in [5.74, 6) is -0.670. The summed E-state index contributed by atoms with van der Waals surface area (Å²) in [6.45, 7) is 2.21. The molecule has 0 saturated carbocycles. The van der Waals surface area contributed by atoms with Gasteiger partial charge in [0, 0.05) is 40.7 Å². The van der Waals surface area contributed by atoms with Crippen LogP contribution in [-0.4, -0.2) is 22.3 Å². The van der Waals surface area contributed by atoms with Crippen LogP contribution in [0.2, 0.25) is 0 Å². The molecule has 0 radical (unpaired) electrons. The number of aryl methyl sites for hydroxylation is 1. The van der Waals surface area contributed by atoms with Gasteiger partial charge in [0.2, 0.25) is 11.6 Å². The van der Waals surface area contributed by atoms with E-state index in [2.05, 4.69) is 10.3 Å². The monoisotopic (exact) mass is 480 g/mol. The normalized spacial score (nSPS) is 13.2. The Kier molecular flexibility index (Phi) is 6.01. The van der Waals surface area contributed by atoms with Gasteiger partial charge in [0.1, 0.15) is 10.7 Å². The number of allylic oxidation sites excluding steroid dienone is 2. The summed E-state index contributed by atoms with van der Waals surface area (Å²) < 4.78 is 0. The lowest BCUT2D eigenvalue weighted by atomic mass is 9.92. The molecule has 5 rings (SSSR count). The van der Waals surface area contributed by atoms with Crippen LogP contribution in [0.15, 0.2) is 89.6 Å². The number of hydrogen-bond donors (Lipinski definition) is 1. The minimum atomic E-state index is -0.371. The highest BCUT2D eigenvalue weighted by Gasteiger charge is 2.31. The number of Topliss-reactive ketones (excluding diaryl/α,β-unsaturated/α-hetero) is 3. The summed E-state index contributed by atoms with van der Waals surface area (Å²) in [6, 6.07) is 23.6. The van der Waals surface area contributed by atoms with Gasteiger partial charge in [0.25, 0.3) is 0 Å². The smallest absolute Gasteiger partial charge is 0.211 e. The molecule has 1 aliphatic rings. The molecule has 1 heterocycles. The van der Waals surface area contributed by atoms with Crippen LogP contribution in [0, 0.1) is 6.92 Å². The van der Waals surface area contributed by atoms with Gasteiger partial charge >= 0.3 is 0 Å². The van der Waals surface area contributed by atoms with Gasteiger partial charge in [-0.3, -0.25) is 19.4 Å². The first-order valence-electron chi connectivity index (χ1n) is 11.2. The van der Waals surface area contributed by atoms with E-state index in [4.69, 9.17) is 11.6 Å². The zero-order chi connectivity index (χ0) is 24.5. The summed E-state index contributed by atoms with van der Waals surface area (Å²) in [7, 11) is 0. The lowest BCUT2D eigenvalue weighted by molar-refractivity contribution is 0.0974. The zero-order valence-electron chi connectivity index (χ0n) is 19.0. The van der Waals surface area contributed by atoms with E-state index in [-0.39, 0.29) is 41.0 Å². The van der Waals surface area contributed by atoms with Gasteiger partial charge in [-0.2, -0.15) is 0 Å². The van der Waals surface area contributed by atoms with E-state index in [1.165, 1.54) is 0 Å². The molecule has 6 heteroatoms. The third-order valence-corrected chi connectivity index (χ3v) is 6.45. The molecule has 0 unspecified atom stereocenters. The summed E-state index contributed by atoms with van der Waals surface area (Å²) in [4.78, 5) is 42.9. The minimum Gasteiger partial charge on any atom is -0.376 e. The van der Waals surface area contributed by atoms with Crippen molar-refractivity contribution in [1.82, 2.24) is 10.3 Å². The van der Waals surface area contributed by atoms with Crippen molar-refractivity contribution < 1.29 is 14.4 Å². The fourth-order valence-electron chi connectivity index (χ4n) is 4.32. The van der Waals surface area contributed by atoms with E-state index in [0.29, 0.717) is 16.7 Å². The van der Waals surface area contributed by atoms with Crippen LogP contribution < -0.4 is 5.32 Å². The van der Waals surface area contributed by atoms with E-state index in [9.17, 15) is 14.4 Å². The molecule has 0 bridgehead atoms. The topological polar surface area (TPSA) is 76.1 Å². The highest BCUT2D eigenvalue weighted by molar-refractivity contribution is 6.49. The summed E-state index contributed by atoms with van der Waals surface area (Å²) in [5.41, 5.74) is 4.89. The highest BCUT2D eigenvalue weighted by Crippen LogP contribution is 2.27. The Morgan fingerprint density at radius 2 is 1.54 bits per heavy atom. The largest absolute Gasteiger partial charge is 0.376 e. The van der Waals surface area contributed by atoms with E-state index in [1.54, 1.807) is 36.4 Å². The quantitative estimate of drug-likeness (QED) is 0.364. The van der Waals surface area contributed by atoms with Crippen molar-refractivity contribution in [2.24, 2.45) is 0 Å². The Morgan fingerprint density at radius 1 is 0.886 bits per heavy atom. The Labute approximate surface area is 207 Å². The van der Waals surface area contributed by atoms with E-state index in [1.807, 2.05) is 49.4 Å². The first-order valence-corrected chi connectivity index (χ1v) is 11.6. The fraction of sp³-hybridized carbons (Fsp3) is 0.103. The molecular weight excluding hydrogens is 460 g/mol. The van der Waals surface area contributed by atoms with E-state index in [0.717, 1.165) is 27.7 Å². The molecule has 0 amide bonds. The molecule has 0 spiro atoms. The number of para-hydroxylation sites is 1. The Hall–Kier alpha value is -4.09. The van der Waals surface area contributed by atoms with Gasteiger partial charge in [-0.1, -0.05) is 78.3 Å². The molecular formula is C29H21ClN2O3. The molecule has 5 nitrogen and oxygen atoms in total. The molecule has 4 aromatic rings. The second-order valence-electron chi connectivity index (χ2n) is 8.48. The number of ketones is 3. The number of carbonyl (C=O) groups excluding carboxylic acids is 3. The van der Waals surface area contributed by atoms with Crippen LogP contribution in [0.1, 0.15) is 47.9 Å². The van der Waals surface area contributed by atoms with Crippen molar-refractivity contribution in [3.05, 3.63) is 123 Å². The third kappa shape index (κ3) is 4.38. The number of rotatable bonds is 6. The maximum atomic E-state index is 13.0. The summed E-state index contributed by atoms with van der Waals surface area (Å²) >= 11 is 6.22. The second-order valence-corrected chi connectivity index (χ2v) is 8.86. The van der Waals surface area contributed by atoms with Crippen LogP contribution in [-0.2, 0) is 13.0 Å². The number of carbonyl (C=O) groups is 3. The maximum absolute atomic E-state index is 13.0. The van der Waals surface area contributed by atoms with Crippen molar-refractivity contribution >= 4 is 39.9 Å². The first-order chi connectivity index (χ1) is 16.9. The van der Waals surface area contributed by atoms with Crippen LogP contribution in [0.4, 0.5) is 0 Å². The number of benzene rings is 3.